The number of carboxylic acids is 1. The van der Waals surface area contributed by atoms with Gasteiger partial charge in [0.1, 0.15) is 12.1 Å². The molecule has 0 saturated heterocycles. The number of nitrogens with one attached hydrogen (secondary N) is 1. The third-order valence-electron chi connectivity index (χ3n) is 2.82. The molecule has 0 saturated carbocycles. The Kier molecular flexibility index (Phi) is 3.14. The molecular formula is C13H15N3O2. The molecule has 0 aliphatic carbocycles. The van der Waals surface area contributed by atoms with E-state index in [-0.39, 0.29) is 0 Å². The van der Waals surface area contributed by atoms with Crippen LogP contribution in [-0.4, -0.2) is 27.6 Å². The van der Waals surface area contributed by atoms with Gasteiger partial charge in [0.25, 0.3) is 0 Å². The minimum Gasteiger partial charge on any atom is -0.481 e. The fraction of sp³-hybridized carbons (Fsp3) is 0.308. The Morgan fingerprint density at radius 1 is 1.33 bits per heavy atom. The summed E-state index contributed by atoms with van der Waals surface area (Å²) in [7, 11) is 0. The van der Waals surface area contributed by atoms with E-state index in [9.17, 15) is 4.79 Å². The van der Waals surface area contributed by atoms with Crippen LogP contribution in [0.5, 0.6) is 0 Å². The number of benzene rings is 1. The molecule has 18 heavy (non-hydrogen) atoms. The van der Waals surface area contributed by atoms with Crippen molar-refractivity contribution in [1.82, 2.24) is 9.97 Å². The van der Waals surface area contributed by atoms with E-state index >= 15 is 0 Å². The number of aromatic nitrogens is 2. The summed E-state index contributed by atoms with van der Waals surface area (Å²) in [5.74, 6) is -0.178. The van der Waals surface area contributed by atoms with E-state index in [1.807, 2.05) is 24.3 Å². The summed E-state index contributed by atoms with van der Waals surface area (Å²) in [4.78, 5) is 19.3. The van der Waals surface area contributed by atoms with Crippen molar-refractivity contribution in [1.29, 1.82) is 0 Å². The van der Waals surface area contributed by atoms with E-state index in [1.165, 1.54) is 6.33 Å². The molecule has 1 aromatic heterocycles. The third kappa shape index (κ3) is 2.40. The van der Waals surface area contributed by atoms with Crippen LogP contribution in [0.1, 0.15) is 13.8 Å². The van der Waals surface area contributed by atoms with Crippen molar-refractivity contribution in [3.8, 4) is 0 Å². The van der Waals surface area contributed by atoms with Gasteiger partial charge in [0.05, 0.1) is 10.9 Å². The molecule has 0 aliphatic heterocycles. The van der Waals surface area contributed by atoms with E-state index in [4.69, 9.17) is 5.11 Å². The van der Waals surface area contributed by atoms with Crippen molar-refractivity contribution >= 4 is 22.7 Å². The first kappa shape index (κ1) is 12.3. The van der Waals surface area contributed by atoms with Gasteiger partial charge in [0.2, 0.25) is 0 Å². The van der Waals surface area contributed by atoms with Gasteiger partial charge in [-0.3, -0.25) is 4.79 Å². The fourth-order valence-electron chi connectivity index (χ4n) is 1.53. The number of para-hydroxylation sites is 1. The topological polar surface area (TPSA) is 75.1 Å². The Hall–Kier alpha value is -2.17. The summed E-state index contributed by atoms with van der Waals surface area (Å²) >= 11 is 0. The Labute approximate surface area is 105 Å². The third-order valence-corrected chi connectivity index (χ3v) is 2.82. The fourth-order valence-corrected chi connectivity index (χ4v) is 1.53. The maximum absolute atomic E-state index is 11.0. The number of hydrogen-bond donors (Lipinski definition) is 2. The highest BCUT2D eigenvalue weighted by atomic mass is 16.4. The van der Waals surface area contributed by atoms with Crippen molar-refractivity contribution < 1.29 is 9.90 Å². The summed E-state index contributed by atoms with van der Waals surface area (Å²) < 4.78 is 0. The van der Waals surface area contributed by atoms with Crippen LogP contribution in [0.4, 0.5) is 5.82 Å². The lowest BCUT2D eigenvalue weighted by Gasteiger charge is -2.20. The SMILES string of the molecule is CC(C)(CNc1ncnc2ccccc12)C(=O)O. The number of nitrogens with zero attached hydrogens (tertiary/aromatic N) is 2. The van der Waals surface area contributed by atoms with Crippen molar-refractivity contribution in [3.63, 3.8) is 0 Å². The van der Waals surface area contributed by atoms with E-state index in [1.54, 1.807) is 13.8 Å². The van der Waals surface area contributed by atoms with Gasteiger partial charge in [-0.2, -0.15) is 0 Å². The smallest absolute Gasteiger partial charge is 0.310 e. The van der Waals surface area contributed by atoms with Crippen molar-refractivity contribution in [2.45, 2.75) is 13.8 Å². The Morgan fingerprint density at radius 3 is 2.78 bits per heavy atom. The summed E-state index contributed by atoms with van der Waals surface area (Å²) in [6, 6.07) is 7.61. The van der Waals surface area contributed by atoms with Crippen molar-refractivity contribution in [2.75, 3.05) is 11.9 Å². The number of fused-ring (bicyclic) bond motifs is 1. The lowest BCUT2D eigenvalue weighted by atomic mass is 9.94. The molecule has 0 bridgehead atoms. The van der Waals surface area contributed by atoms with Crippen LogP contribution in [0, 0.1) is 5.41 Å². The van der Waals surface area contributed by atoms with E-state index < -0.39 is 11.4 Å². The van der Waals surface area contributed by atoms with E-state index in [2.05, 4.69) is 15.3 Å². The Balaban J connectivity index is 2.25. The zero-order valence-corrected chi connectivity index (χ0v) is 10.3. The van der Waals surface area contributed by atoms with Crippen LogP contribution in [0.15, 0.2) is 30.6 Å². The number of hydrogen-bond acceptors (Lipinski definition) is 4. The minimum atomic E-state index is -0.841. The zero-order chi connectivity index (χ0) is 13.2. The molecule has 0 spiro atoms. The molecule has 0 atom stereocenters. The highest BCUT2D eigenvalue weighted by Gasteiger charge is 2.27. The first-order valence-electron chi connectivity index (χ1n) is 5.68. The summed E-state index contributed by atoms with van der Waals surface area (Å²) in [6.45, 7) is 3.65. The van der Waals surface area contributed by atoms with Crippen molar-refractivity contribution in [3.05, 3.63) is 30.6 Å². The molecule has 2 rings (SSSR count). The summed E-state index contributed by atoms with van der Waals surface area (Å²) in [6.07, 6.45) is 1.47. The van der Waals surface area contributed by atoms with Gasteiger partial charge in [0.15, 0.2) is 0 Å². The zero-order valence-electron chi connectivity index (χ0n) is 10.3. The largest absolute Gasteiger partial charge is 0.481 e. The first-order valence-corrected chi connectivity index (χ1v) is 5.68. The van der Waals surface area contributed by atoms with Crippen LogP contribution in [-0.2, 0) is 4.79 Å². The maximum atomic E-state index is 11.0. The van der Waals surface area contributed by atoms with Gasteiger partial charge < -0.3 is 10.4 Å². The van der Waals surface area contributed by atoms with Gasteiger partial charge in [0, 0.05) is 11.9 Å². The summed E-state index contributed by atoms with van der Waals surface area (Å²) in [5.41, 5.74) is -0.00498. The second-order valence-electron chi connectivity index (χ2n) is 4.78. The monoisotopic (exact) mass is 245 g/mol. The molecule has 1 aromatic carbocycles. The van der Waals surface area contributed by atoms with Crippen LogP contribution in [0.25, 0.3) is 10.9 Å². The molecule has 5 heteroatoms. The summed E-state index contributed by atoms with van der Waals surface area (Å²) in [5, 5.41) is 13.0. The standard InChI is InChI=1S/C13H15N3O2/c1-13(2,12(17)18)7-14-11-9-5-3-4-6-10(9)15-8-16-11/h3-6,8H,7H2,1-2H3,(H,17,18)(H,14,15,16). The van der Waals surface area contributed by atoms with Crippen molar-refractivity contribution in [2.24, 2.45) is 5.41 Å². The van der Waals surface area contributed by atoms with Gasteiger partial charge in [-0.15, -0.1) is 0 Å². The molecule has 0 fully saturated rings. The second kappa shape index (κ2) is 4.60. The number of carbonyl (C=O) groups is 1. The Morgan fingerprint density at radius 2 is 2.06 bits per heavy atom. The first-order chi connectivity index (χ1) is 8.50. The lowest BCUT2D eigenvalue weighted by molar-refractivity contribution is -0.146. The number of rotatable bonds is 4. The molecule has 94 valence electrons. The number of anilines is 1. The minimum absolute atomic E-state index is 0.309. The molecule has 2 N–H and O–H groups in total. The molecule has 5 nitrogen and oxygen atoms in total. The van der Waals surface area contributed by atoms with Gasteiger partial charge in [-0.05, 0) is 26.0 Å². The quantitative estimate of drug-likeness (QED) is 0.863. The number of carboxylic acid groups (broad SMARTS) is 1. The molecular weight excluding hydrogens is 230 g/mol. The van der Waals surface area contributed by atoms with Crippen LogP contribution >= 0.6 is 0 Å². The second-order valence-corrected chi connectivity index (χ2v) is 4.78. The predicted octanol–water partition coefficient (Wildman–Crippen LogP) is 2.15. The molecule has 0 radical (unpaired) electrons. The molecule has 1 heterocycles. The van der Waals surface area contributed by atoms with Crippen LogP contribution in [0.2, 0.25) is 0 Å². The predicted molar refractivity (Wildman–Crippen MR) is 69.4 cm³/mol. The molecule has 0 unspecified atom stereocenters. The van der Waals surface area contributed by atoms with Gasteiger partial charge >= 0.3 is 5.97 Å². The van der Waals surface area contributed by atoms with Crippen LogP contribution in [0.3, 0.4) is 0 Å². The molecule has 2 aromatic rings. The average molecular weight is 245 g/mol. The van der Waals surface area contributed by atoms with Gasteiger partial charge in [-0.1, -0.05) is 12.1 Å². The normalized spacial score (nSPS) is 11.4. The highest BCUT2D eigenvalue weighted by molar-refractivity contribution is 5.88. The lowest BCUT2D eigenvalue weighted by Crippen LogP contribution is -2.32. The van der Waals surface area contributed by atoms with Gasteiger partial charge in [-0.25, -0.2) is 9.97 Å². The maximum Gasteiger partial charge on any atom is 0.310 e. The molecule has 0 aliphatic rings. The molecule has 0 amide bonds. The van der Waals surface area contributed by atoms with E-state index in [0.29, 0.717) is 12.4 Å². The Bertz CT molecular complexity index is 576. The van der Waals surface area contributed by atoms with Crippen LogP contribution < -0.4 is 5.32 Å². The number of aliphatic carboxylic acids is 1. The average Bonchev–Trinajstić information content (AvgIpc) is 2.36. The highest BCUT2D eigenvalue weighted by Crippen LogP contribution is 2.21. The van der Waals surface area contributed by atoms with E-state index in [0.717, 1.165) is 10.9 Å².